The Morgan fingerprint density at radius 2 is 1.39 bits per heavy atom. The molecule has 0 aromatic heterocycles. The van der Waals surface area contributed by atoms with Crippen molar-refractivity contribution in [2.24, 2.45) is 5.92 Å². The number of carbonyl (C=O) groups is 3. The summed E-state index contributed by atoms with van der Waals surface area (Å²) < 4.78 is 14.9. The van der Waals surface area contributed by atoms with Crippen LogP contribution in [0.1, 0.15) is 60.3 Å². The summed E-state index contributed by atoms with van der Waals surface area (Å²) in [5.41, 5.74) is 0. The smallest absolute Gasteiger partial charge is 0.323 e. The van der Waals surface area contributed by atoms with Crippen molar-refractivity contribution >= 4 is 17.9 Å². The van der Waals surface area contributed by atoms with Crippen LogP contribution < -0.4 is 10.6 Å². The van der Waals surface area contributed by atoms with Gasteiger partial charge in [-0.2, -0.15) is 0 Å². The Morgan fingerprint density at radius 1 is 0.821 bits per heavy atom. The molecular weight excluding hydrogens is 364 g/mol. The monoisotopic (exact) mass is 402 g/mol. The summed E-state index contributed by atoms with van der Waals surface area (Å²) >= 11 is 0. The number of nitrogens with one attached hydrogen (secondary N) is 2. The molecule has 2 N–H and O–H groups in total. The number of esters is 3. The zero-order chi connectivity index (χ0) is 21.4. The van der Waals surface area contributed by atoms with Gasteiger partial charge in [-0.3, -0.25) is 14.4 Å². The molecule has 0 radical (unpaired) electrons. The maximum absolute atomic E-state index is 12.0. The van der Waals surface area contributed by atoms with Gasteiger partial charge >= 0.3 is 17.9 Å². The molecule has 164 valence electrons. The Hall–Kier alpha value is -1.67. The lowest BCUT2D eigenvalue weighted by molar-refractivity contribution is -0.152. The fraction of sp³-hybridized carbons (Fsp3) is 0.850. The van der Waals surface area contributed by atoms with Crippen LogP contribution in [0.5, 0.6) is 0 Å². The van der Waals surface area contributed by atoms with Gasteiger partial charge in [0.15, 0.2) is 0 Å². The first kappa shape index (κ1) is 26.3. The predicted molar refractivity (Wildman–Crippen MR) is 107 cm³/mol. The van der Waals surface area contributed by atoms with Crippen molar-refractivity contribution in [2.75, 3.05) is 32.9 Å². The Balaban J connectivity index is 4.13. The fourth-order valence-corrected chi connectivity index (χ4v) is 2.64. The average molecular weight is 403 g/mol. The highest BCUT2D eigenvalue weighted by molar-refractivity contribution is 5.82. The highest BCUT2D eigenvalue weighted by atomic mass is 16.5. The van der Waals surface area contributed by atoms with Gasteiger partial charge in [-0.1, -0.05) is 6.92 Å². The molecule has 0 fully saturated rings. The molecule has 3 atom stereocenters. The van der Waals surface area contributed by atoms with E-state index in [0.717, 1.165) is 19.4 Å². The molecule has 0 saturated heterocycles. The molecule has 28 heavy (non-hydrogen) atoms. The lowest BCUT2D eigenvalue weighted by atomic mass is 10.0. The first-order chi connectivity index (χ1) is 13.3. The molecule has 0 saturated carbocycles. The standard InChI is InChI=1S/C20H38N2O6/c1-6-26-18(23)12-16(5)22-14-15(4)10-9-11-21-17(20(25)28-8-3)13-19(24)27-7-2/h15-17,21-22H,6-14H2,1-5H3. The molecule has 0 aliphatic rings. The van der Waals surface area contributed by atoms with Crippen LogP contribution in [0, 0.1) is 5.92 Å². The molecule has 0 aliphatic heterocycles. The second-order valence-corrected chi connectivity index (χ2v) is 6.83. The van der Waals surface area contributed by atoms with E-state index in [1.165, 1.54) is 0 Å². The first-order valence-corrected chi connectivity index (χ1v) is 10.3. The van der Waals surface area contributed by atoms with Gasteiger partial charge in [0.25, 0.3) is 0 Å². The number of hydrogen-bond donors (Lipinski definition) is 2. The van der Waals surface area contributed by atoms with Crippen LogP contribution >= 0.6 is 0 Å². The molecule has 3 unspecified atom stereocenters. The van der Waals surface area contributed by atoms with Gasteiger partial charge in [0.1, 0.15) is 6.04 Å². The van der Waals surface area contributed by atoms with E-state index in [-0.39, 0.29) is 31.6 Å². The molecule has 0 bridgehead atoms. The molecule has 0 spiro atoms. The lowest BCUT2D eigenvalue weighted by Crippen LogP contribution is -2.41. The molecule has 8 nitrogen and oxygen atoms in total. The maximum atomic E-state index is 12.0. The third-order valence-corrected chi connectivity index (χ3v) is 4.10. The topological polar surface area (TPSA) is 103 Å². The average Bonchev–Trinajstić information content (AvgIpc) is 2.63. The van der Waals surface area contributed by atoms with Crippen molar-refractivity contribution in [1.29, 1.82) is 0 Å². The van der Waals surface area contributed by atoms with Crippen LogP contribution in [0.25, 0.3) is 0 Å². The molecule has 0 aromatic rings. The van der Waals surface area contributed by atoms with Crippen LogP contribution in [0.3, 0.4) is 0 Å². The van der Waals surface area contributed by atoms with Crippen LogP contribution in [-0.4, -0.2) is 62.9 Å². The lowest BCUT2D eigenvalue weighted by Gasteiger charge is -2.19. The SMILES string of the molecule is CCOC(=O)CC(C)NCC(C)CCCNC(CC(=O)OCC)C(=O)OCC. The van der Waals surface area contributed by atoms with E-state index in [4.69, 9.17) is 14.2 Å². The summed E-state index contributed by atoms with van der Waals surface area (Å²) in [7, 11) is 0. The normalized spacial score (nSPS) is 14.0. The van der Waals surface area contributed by atoms with Crippen LogP contribution in [-0.2, 0) is 28.6 Å². The molecule has 0 aromatic carbocycles. The molecule has 0 rings (SSSR count). The van der Waals surface area contributed by atoms with E-state index in [1.54, 1.807) is 20.8 Å². The first-order valence-electron chi connectivity index (χ1n) is 10.3. The van der Waals surface area contributed by atoms with Gasteiger partial charge in [0.2, 0.25) is 0 Å². The zero-order valence-corrected chi connectivity index (χ0v) is 18.0. The summed E-state index contributed by atoms with van der Waals surface area (Å²) in [6.45, 7) is 11.7. The number of ether oxygens (including phenoxy) is 3. The molecular formula is C20H38N2O6. The quantitative estimate of drug-likeness (QED) is 0.229. The Kier molecular flexibility index (Phi) is 15.3. The molecule has 8 heteroatoms. The van der Waals surface area contributed by atoms with Gasteiger partial charge in [-0.25, -0.2) is 0 Å². The Bertz CT molecular complexity index is 458. The van der Waals surface area contributed by atoms with E-state index in [0.29, 0.717) is 25.5 Å². The predicted octanol–water partition coefficient (Wildman–Crippen LogP) is 1.81. The van der Waals surface area contributed by atoms with Gasteiger partial charge in [0, 0.05) is 6.04 Å². The van der Waals surface area contributed by atoms with E-state index >= 15 is 0 Å². The van der Waals surface area contributed by atoms with Crippen molar-refractivity contribution < 1.29 is 28.6 Å². The van der Waals surface area contributed by atoms with Gasteiger partial charge in [-0.15, -0.1) is 0 Å². The summed E-state index contributed by atoms with van der Waals surface area (Å²) in [4.78, 5) is 35.1. The van der Waals surface area contributed by atoms with E-state index < -0.39 is 18.0 Å². The van der Waals surface area contributed by atoms with Crippen LogP contribution in [0.4, 0.5) is 0 Å². The summed E-state index contributed by atoms with van der Waals surface area (Å²) in [5, 5.41) is 6.44. The highest BCUT2D eigenvalue weighted by Gasteiger charge is 2.23. The van der Waals surface area contributed by atoms with Crippen molar-refractivity contribution in [3.05, 3.63) is 0 Å². The van der Waals surface area contributed by atoms with Gasteiger partial charge < -0.3 is 24.8 Å². The van der Waals surface area contributed by atoms with Crippen molar-refractivity contribution in [2.45, 2.75) is 72.4 Å². The summed E-state index contributed by atoms with van der Waals surface area (Å²) in [6.07, 6.45) is 2.13. The minimum Gasteiger partial charge on any atom is -0.466 e. The van der Waals surface area contributed by atoms with E-state index in [9.17, 15) is 14.4 Å². The van der Waals surface area contributed by atoms with Crippen molar-refractivity contribution in [1.82, 2.24) is 10.6 Å². The van der Waals surface area contributed by atoms with Crippen molar-refractivity contribution in [3.63, 3.8) is 0 Å². The Morgan fingerprint density at radius 3 is 1.96 bits per heavy atom. The summed E-state index contributed by atoms with van der Waals surface area (Å²) in [5.74, 6) is -0.622. The van der Waals surface area contributed by atoms with Crippen LogP contribution in [0.15, 0.2) is 0 Å². The number of hydrogen-bond acceptors (Lipinski definition) is 8. The highest BCUT2D eigenvalue weighted by Crippen LogP contribution is 2.06. The largest absolute Gasteiger partial charge is 0.466 e. The molecule has 0 aliphatic carbocycles. The van der Waals surface area contributed by atoms with E-state index in [1.807, 2.05) is 6.92 Å². The van der Waals surface area contributed by atoms with Crippen LogP contribution in [0.2, 0.25) is 0 Å². The minimum atomic E-state index is -0.683. The number of carbonyl (C=O) groups excluding carboxylic acids is 3. The van der Waals surface area contributed by atoms with Gasteiger partial charge in [-0.05, 0) is 59.5 Å². The second kappa shape index (κ2) is 16.3. The summed E-state index contributed by atoms with van der Waals surface area (Å²) in [6, 6.07) is -0.616. The van der Waals surface area contributed by atoms with Crippen molar-refractivity contribution in [3.8, 4) is 0 Å². The maximum Gasteiger partial charge on any atom is 0.323 e. The molecule has 0 amide bonds. The molecule has 0 heterocycles. The zero-order valence-electron chi connectivity index (χ0n) is 18.0. The fourth-order valence-electron chi connectivity index (χ4n) is 2.64. The second-order valence-electron chi connectivity index (χ2n) is 6.83. The third-order valence-electron chi connectivity index (χ3n) is 4.10. The van der Waals surface area contributed by atoms with Gasteiger partial charge in [0.05, 0.1) is 32.7 Å². The minimum absolute atomic E-state index is 0.0326. The number of rotatable bonds is 16. The van der Waals surface area contributed by atoms with E-state index in [2.05, 4.69) is 17.6 Å². The third kappa shape index (κ3) is 13.5. The Labute approximate surface area is 169 Å².